The Morgan fingerprint density at radius 1 is 1.10 bits per heavy atom. The van der Waals surface area contributed by atoms with Gasteiger partial charge in [-0.3, -0.25) is 4.79 Å². The van der Waals surface area contributed by atoms with E-state index >= 15 is 0 Å². The van der Waals surface area contributed by atoms with Crippen LogP contribution in [0.2, 0.25) is 0 Å². The molecule has 0 aliphatic rings. The number of nitrogens with one attached hydrogen (secondary N) is 1. The summed E-state index contributed by atoms with van der Waals surface area (Å²) in [6.07, 6.45) is 0. The van der Waals surface area contributed by atoms with Crippen LogP contribution in [0.15, 0.2) is 42.5 Å². The normalized spacial score (nSPS) is 10.0. The number of carboxylic acid groups (broad SMARTS) is 1. The number of hydrogen-bond donors (Lipinski definition) is 2. The van der Waals surface area contributed by atoms with E-state index in [-0.39, 0.29) is 17.2 Å². The number of methoxy groups -OCH3 is 1. The molecule has 2 aromatic rings. The van der Waals surface area contributed by atoms with Crippen molar-refractivity contribution >= 4 is 17.6 Å². The lowest BCUT2D eigenvalue weighted by Crippen LogP contribution is -2.15. The van der Waals surface area contributed by atoms with Crippen molar-refractivity contribution in [2.45, 2.75) is 6.92 Å². The fourth-order valence-corrected chi connectivity index (χ4v) is 1.99. The van der Waals surface area contributed by atoms with E-state index in [1.807, 2.05) is 0 Å². The first-order chi connectivity index (χ1) is 10.0. The van der Waals surface area contributed by atoms with Gasteiger partial charge in [0.25, 0.3) is 5.91 Å². The molecule has 5 heteroatoms. The summed E-state index contributed by atoms with van der Waals surface area (Å²) in [4.78, 5) is 23.4. The standard InChI is InChI=1S/C16H15NO4/c1-10-4-3-5-13(14(10)16(19)20)17-15(18)11-6-8-12(21-2)9-7-11/h3-9H,1-2H3,(H,17,18)(H,19,20). The number of aromatic carboxylic acids is 1. The smallest absolute Gasteiger partial charge is 0.338 e. The van der Waals surface area contributed by atoms with E-state index in [1.165, 1.54) is 0 Å². The third-order valence-electron chi connectivity index (χ3n) is 3.09. The van der Waals surface area contributed by atoms with E-state index in [4.69, 9.17) is 4.74 Å². The molecule has 0 saturated carbocycles. The Balaban J connectivity index is 2.27. The number of anilines is 1. The van der Waals surface area contributed by atoms with Gasteiger partial charge in [0.15, 0.2) is 0 Å². The Morgan fingerprint density at radius 2 is 1.76 bits per heavy atom. The number of aryl methyl sites for hydroxylation is 1. The molecule has 0 radical (unpaired) electrons. The van der Waals surface area contributed by atoms with Gasteiger partial charge in [0.1, 0.15) is 5.75 Å². The number of carbonyl (C=O) groups is 2. The molecule has 0 aromatic heterocycles. The largest absolute Gasteiger partial charge is 0.497 e. The molecule has 5 nitrogen and oxygen atoms in total. The molecule has 1 amide bonds. The highest BCUT2D eigenvalue weighted by molar-refractivity contribution is 6.08. The first-order valence-corrected chi connectivity index (χ1v) is 6.31. The van der Waals surface area contributed by atoms with Crippen LogP contribution in [-0.4, -0.2) is 24.1 Å². The molecule has 108 valence electrons. The zero-order valence-electron chi connectivity index (χ0n) is 11.7. The Labute approximate surface area is 122 Å². The van der Waals surface area contributed by atoms with Crippen LogP contribution in [0.25, 0.3) is 0 Å². The van der Waals surface area contributed by atoms with Crippen molar-refractivity contribution in [2.24, 2.45) is 0 Å². The van der Waals surface area contributed by atoms with Crippen LogP contribution in [0.1, 0.15) is 26.3 Å². The second kappa shape index (κ2) is 6.09. The van der Waals surface area contributed by atoms with Crippen molar-refractivity contribution in [3.8, 4) is 5.75 Å². The second-order valence-corrected chi connectivity index (χ2v) is 4.49. The van der Waals surface area contributed by atoms with E-state index in [0.717, 1.165) is 0 Å². The average molecular weight is 285 g/mol. The summed E-state index contributed by atoms with van der Waals surface area (Å²) in [5, 5.41) is 11.9. The van der Waals surface area contributed by atoms with Crippen LogP contribution in [0.4, 0.5) is 5.69 Å². The fourth-order valence-electron chi connectivity index (χ4n) is 1.99. The number of carbonyl (C=O) groups excluding carboxylic acids is 1. The maximum atomic E-state index is 12.2. The van der Waals surface area contributed by atoms with Gasteiger partial charge in [0, 0.05) is 5.56 Å². The molecule has 2 rings (SSSR count). The van der Waals surface area contributed by atoms with Crippen molar-refractivity contribution in [1.29, 1.82) is 0 Å². The summed E-state index contributed by atoms with van der Waals surface area (Å²) in [5.41, 5.74) is 1.39. The van der Waals surface area contributed by atoms with Gasteiger partial charge in [-0.15, -0.1) is 0 Å². The lowest BCUT2D eigenvalue weighted by molar-refractivity contribution is 0.0697. The molecule has 0 unspecified atom stereocenters. The van der Waals surface area contributed by atoms with Crippen LogP contribution >= 0.6 is 0 Å². The predicted molar refractivity (Wildman–Crippen MR) is 79.1 cm³/mol. The minimum atomic E-state index is -1.07. The highest BCUT2D eigenvalue weighted by Gasteiger charge is 2.15. The molecule has 0 atom stereocenters. The van der Waals surface area contributed by atoms with Gasteiger partial charge in [-0.25, -0.2) is 4.79 Å². The Morgan fingerprint density at radius 3 is 2.33 bits per heavy atom. The SMILES string of the molecule is COc1ccc(C(=O)Nc2cccc(C)c2C(=O)O)cc1. The fraction of sp³-hybridized carbons (Fsp3) is 0.125. The summed E-state index contributed by atoms with van der Waals surface area (Å²) in [7, 11) is 1.54. The summed E-state index contributed by atoms with van der Waals surface area (Å²) in [6, 6.07) is 11.5. The average Bonchev–Trinajstić information content (AvgIpc) is 2.47. The van der Waals surface area contributed by atoms with Crippen molar-refractivity contribution < 1.29 is 19.4 Å². The molecule has 0 spiro atoms. The van der Waals surface area contributed by atoms with E-state index in [9.17, 15) is 14.7 Å². The van der Waals surface area contributed by atoms with Gasteiger partial charge in [0.05, 0.1) is 18.4 Å². The van der Waals surface area contributed by atoms with Gasteiger partial charge < -0.3 is 15.2 Å². The van der Waals surface area contributed by atoms with E-state index < -0.39 is 5.97 Å². The van der Waals surface area contributed by atoms with Crippen LogP contribution in [0.3, 0.4) is 0 Å². The number of rotatable bonds is 4. The zero-order chi connectivity index (χ0) is 15.4. The van der Waals surface area contributed by atoms with Gasteiger partial charge in [-0.05, 0) is 42.8 Å². The second-order valence-electron chi connectivity index (χ2n) is 4.49. The van der Waals surface area contributed by atoms with Gasteiger partial charge in [-0.1, -0.05) is 12.1 Å². The number of carboxylic acids is 1. The van der Waals surface area contributed by atoms with Crippen LogP contribution in [0.5, 0.6) is 5.75 Å². The summed E-state index contributed by atoms with van der Waals surface area (Å²) >= 11 is 0. The first-order valence-electron chi connectivity index (χ1n) is 6.31. The summed E-state index contributed by atoms with van der Waals surface area (Å²) in [6.45, 7) is 1.69. The highest BCUT2D eigenvalue weighted by atomic mass is 16.5. The van der Waals surface area contributed by atoms with Gasteiger partial charge >= 0.3 is 5.97 Å². The summed E-state index contributed by atoms with van der Waals surface area (Å²) in [5.74, 6) is -0.794. The topological polar surface area (TPSA) is 75.6 Å². The molecule has 21 heavy (non-hydrogen) atoms. The Hall–Kier alpha value is -2.82. The number of ether oxygens (including phenoxy) is 1. The van der Waals surface area contributed by atoms with E-state index in [0.29, 0.717) is 16.9 Å². The summed E-state index contributed by atoms with van der Waals surface area (Å²) < 4.78 is 5.02. The number of hydrogen-bond acceptors (Lipinski definition) is 3. The minimum Gasteiger partial charge on any atom is -0.497 e. The quantitative estimate of drug-likeness (QED) is 0.905. The number of amides is 1. The maximum absolute atomic E-state index is 12.2. The minimum absolute atomic E-state index is 0.0966. The molecule has 2 aromatic carbocycles. The van der Waals surface area contributed by atoms with Crippen molar-refractivity contribution in [3.05, 3.63) is 59.2 Å². The third kappa shape index (κ3) is 3.20. The van der Waals surface area contributed by atoms with Crippen molar-refractivity contribution in [1.82, 2.24) is 0 Å². The molecule has 0 heterocycles. The molecule has 2 N–H and O–H groups in total. The molecular weight excluding hydrogens is 270 g/mol. The molecular formula is C16H15NO4. The van der Waals surface area contributed by atoms with Crippen LogP contribution in [0, 0.1) is 6.92 Å². The first kappa shape index (κ1) is 14.6. The molecule has 0 fully saturated rings. The zero-order valence-corrected chi connectivity index (χ0v) is 11.7. The van der Waals surface area contributed by atoms with Crippen LogP contribution < -0.4 is 10.1 Å². The predicted octanol–water partition coefficient (Wildman–Crippen LogP) is 2.95. The molecule has 0 saturated heterocycles. The molecule has 0 aliphatic heterocycles. The van der Waals surface area contributed by atoms with Crippen LogP contribution in [-0.2, 0) is 0 Å². The van der Waals surface area contributed by atoms with E-state index in [2.05, 4.69) is 5.32 Å². The highest BCUT2D eigenvalue weighted by Crippen LogP contribution is 2.21. The van der Waals surface area contributed by atoms with E-state index in [1.54, 1.807) is 56.5 Å². The third-order valence-corrected chi connectivity index (χ3v) is 3.09. The Bertz CT molecular complexity index is 677. The van der Waals surface area contributed by atoms with Crippen molar-refractivity contribution in [3.63, 3.8) is 0 Å². The Kier molecular flexibility index (Phi) is 4.23. The molecule has 0 aliphatic carbocycles. The molecule has 0 bridgehead atoms. The maximum Gasteiger partial charge on any atom is 0.338 e. The number of benzene rings is 2. The van der Waals surface area contributed by atoms with Gasteiger partial charge in [0.2, 0.25) is 0 Å². The van der Waals surface area contributed by atoms with Gasteiger partial charge in [-0.2, -0.15) is 0 Å². The van der Waals surface area contributed by atoms with Crippen molar-refractivity contribution in [2.75, 3.05) is 12.4 Å². The monoisotopic (exact) mass is 285 g/mol. The lowest BCUT2D eigenvalue weighted by atomic mass is 10.1. The lowest BCUT2D eigenvalue weighted by Gasteiger charge is -2.10.